The van der Waals surface area contributed by atoms with Crippen molar-refractivity contribution in [2.75, 3.05) is 0 Å². The highest BCUT2D eigenvalue weighted by Crippen LogP contribution is 2.30. The van der Waals surface area contributed by atoms with Crippen LogP contribution in [0.5, 0.6) is 11.5 Å². The molecular formula is C15H12Cl2O3. The van der Waals surface area contributed by atoms with E-state index >= 15 is 0 Å². The molecule has 0 saturated carbocycles. The molecule has 2 aromatic rings. The lowest BCUT2D eigenvalue weighted by atomic mass is 10.2. The number of carbonyl (C=O) groups excluding carboxylic acids is 1. The lowest BCUT2D eigenvalue weighted by Crippen LogP contribution is -2.14. The van der Waals surface area contributed by atoms with Gasteiger partial charge in [0, 0.05) is 0 Å². The molecule has 2 aromatic carbocycles. The number of aryl methyl sites for hydroxylation is 2. The first-order chi connectivity index (χ1) is 9.49. The number of halogens is 2. The van der Waals surface area contributed by atoms with Crippen LogP contribution in [0.25, 0.3) is 0 Å². The summed E-state index contributed by atoms with van der Waals surface area (Å²) in [5.74, 6) is 0.501. The molecule has 104 valence electrons. The maximum atomic E-state index is 11.7. The Bertz CT molecular complexity index is 598. The monoisotopic (exact) mass is 310 g/mol. The predicted molar refractivity (Wildman–Crippen MR) is 79.0 cm³/mol. The van der Waals surface area contributed by atoms with Crippen LogP contribution in [0, 0.1) is 13.8 Å². The Hall–Kier alpha value is -1.71. The van der Waals surface area contributed by atoms with Gasteiger partial charge in [0.2, 0.25) is 0 Å². The highest BCUT2D eigenvalue weighted by molar-refractivity contribution is 6.33. The Morgan fingerprint density at radius 3 is 1.65 bits per heavy atom. The minimum absolute atomic E-state index is 0.250. The van der Waals surface area contributed by atoms with Crippen molar-refractivity contribution < 1.29 is 14.3 Å². The molecule has 0 amide bonds. The van der Waals surface area contributed by atoms with Gasteiger partial charge in [0.1, 0.15) is 0 Å². The second-order valence-electron chi connectivity index (χ2n) is 4.23. The lowest BCUT2D eigenvalue weighted by molar-refractivity contribution is 0.152. The van der Waals surface area contributed by atoms with Crippen LogP contribution < -0.4 is 9.47 Å². The summed E-state index contributed by atoms with van der Waals surface area (Å²) >= 11 is 12.1. The minimum atomic E-state index is -0.884. The predicted octanol–water partition coefficient (Wildman–Crippen LogP) is 5.19. The quantitative estimate of drug-likeness (QED) is 0.565. The summed E-state index contributed by atoms with van der Waals surface area (Å²) in [5, 5.41) is 0.750. The Morgan fingerprint density at radius 1 is 0.850 bits per heavy atom. The number of rotatable bonds is 2. The van der Waals surface area contributed by atoms with E-state index in [0.717, 1.165) is 11.1 Å². The third-order valence-corrected chi connectivity index (χ3v) is 3.67. The molecule has 0 N–H and O–H groups in total. The highest BCUT2D eigenvalue weighted by atomic mass is 35.5. The zero-order valence-electron chi connectivity index (χ0n) is 10.9. The van der Waals surface area contributed by atoms with Crippen LogP contribution >= 0.6 is 23.2 Å². The molecule has 0 unspecified atom stereocenters. The van der Waals surface area contributed by atoms with Gasteiger partial charge in [-0.15, -0.1) is 0 Å². The van der Waals surface area contributed by atoms with Gasteiger partial charge in [0.15, 0.2) is 11.5 Å². The molecule has 0 heterocycles. The number of ether oxygens (including phenoxy) is 2. The lowest BCUT2D eigenvalue weighted by Gasteiger charge is -2.09. The van der Waals surface area contributed by atoms with Gasteiger partial charge in [-0.3, -0.25) is 0 Å². The molecule has 0 aliphatic rings. The Morgan fingerprint density at radius 2 is 1.25 bits per heavy atom. The summed E-state index contributed by atoms with van der Waals surface area (Å²) in [4.78, 5) is 11.7. The number of hydrogen-bond acceptors (Lipinski definition) is 3. The van der Waals surface area contributed by atoms with Crippen molar-refractivity contribution in [2.24, 2.45) is 0 Å². The fourth-order valence-corrected chi connectivity index (χ4v) is 1.93. The van der Waals surface area contributed by atoms with Gasteiger partial charge in [-0.25, -0.2) is 4.79 Å². The first-order valence-corrected chi connectivity index (χ1v) is 6.64. The van der Waals surface area contributed by atoms with Gasteiger partial charge in [-0.1, -0.05) is 47.5 Å². The smallest absolute Gasteiger partial charge is 0.393 e. The maximum absolute atomic E-state index is 11.7. The average molecular weight is 311 g/mol. The van der Waals surface area contributed by atoms with E-state index in [4.69, 9.17) is 32.7 Å². The van der Waals surface area contributed by atoms with Crippen molar-refractivity contribution in [3.05, 3.63) is 57.6 Å². The molecule has 0 aromatic heterocycles. The van der Waals surface area contributed by atoms with E-state index in [2.05, 4.69) is 0 Å². The van der Waals surface area contributed by atoms with Crippen molar-refractivity contribution in [3.63, 3.8) is 0 Å². The second-order valence-corrected chi connectivity index (χ2v) is 4.98. The summed E-state index contributed by atoms with van der Waals surface area (Å²) < 4.78 is 10.1. The molecule has 0 spiro atoms. The van der Waals surface area contributed by atoms with Crippen LogP contribution in [-0.2, 0) is 0 Å². The van der Waals surface area contributed by atoms with Crippen LogP contribution in [0.15, 0.2) is 36.4 Å². The van der Waals surface area contributed by atoms with E-state index in [1.807, 2.05) is 26.0 Å². The largest absolute Gasteiger partial charge is 0.519 e. The molecule has 0 fully saturated rings. The number of benzene rings is 2. The summed E-state index contributed by atoms with van der Waals surface area (Å²) in [6, 6.07) is 10.3. The number of hydrogen-bond donors (Lipinski definition) is 0. The standard InChI is InChI=1S/C15H12Cl2O3/c1-9-5-3-7-11(13(9)16)19-15(18)20-12-8-4-6-10(2)14(12)17/h3-8H,1-2H3. The van der Waals surface area contributed by atoms with Crippen molar-refractivity contribution in [1.29, 1.82) is 0 Å². The topological polar surface area (TPSA) is 35.5 Å². The van der Waals surface area contributed by atoms with E-state index in [0.29, 0.717) is 10.0 Å². The van der Waals surface area contributed by atoms with E-state index in [1.165, 1.54) is 0 Å². The molecule has 2 rings (SSSR count). The van der Waals surface area contributed by atoms with Gasteiger partial charge in [-0.05, 0) is 37.1 Å². The van der Waals surface area contributed by atoms with Crippen LogP contribution in [-0.4, -0.2) is 6.16 Å². The van der Waals surface area contributed by atoms with Gasteiger partial charge in [-0.2, -0.15) is 0 Å². The normalized spacial score (nSPS) is 10.2. The van der Waals surface area contributed by atoms with Crippen molar-refractivity contribution in [3.8, 4) is 11.5 Å². The third kappa shape index (κ3) is 3.24. The molecule has 20 heavy (non-hydrogen) atoms. The van der Waals surface area contributed by atoms with E-state index in [9.17, 15) is 4.79 Å². The fourth-order valence-electron chi connectivity index (χ4n) is 1.60. The second kappa shape index (κ2) is 6.16. The maximum Gasteiger partial charge on any atom is 0.519 e. The van der Waals surface area contributed by atoms with E-state index < -0.39 is 6.16 Å². The van der Waals surface area contributed by atoms with Crippen LogP contribution in [0.2, 0.25) is 10.0 Å². The SMILES string of the molecule is Cc1cccc(OC(=O)Oc2cccc(C)c2Cl)c1Cl. The molecule has 5 heteroatoms. The molecule has 0 saturated heterocycles. The molecule has 0 aliphatic heterocycles. The van der Waals surface area contributed by atoms with Crippen molar-refractivity contribution in [1.82, 2.24) is 0 Å². The number of carbonyl (C=O) groups is 1. The Kier molecular flexibility index (Phi) is 4.53. The average Bonchev–Trinajstić information content (AvgIpc) is 2.40. The molecule has 0 radical (unpaired) electrons. The van der Waals surface area contributed by atoms with Crippen molar-refractivity contribution in [2.45, 2.75) is 13.8 Å². The minimum Gasteiger partial charge on any atom is -0.393 e. The van der Waals surface area contributed by atoms with Gasteiger partial charge in [0.25, 0.3) is 0 Å². The van der Waals surface area contributed by atoms with E-state index in [-0.39, 0.29) is 11.5 Å². The third-order valence-electron chi connectivity index (χ3n) is 2.70. The molecule has 0 aliphatic carbocycles. The van der Waals surface area contributed by atoms with Crippen molar-refractivity contribution >= 4 is 29.4 Å². The fraction of sp³-hybridized carbons (Fsp3) is 0.133. The van der Waals surface area contributed by atoms with E-state index in [1.54, 1.807) is 24.3 Å². The molecule has 0 bridgehead atoms. The Balaban J connectivity index is 2.13. The van der Waals surface area contributed by atoms with Crippen LogP contribution in [0.1, 0.15) is 11.1 Å². The summed E-state index contributed by atoms with van der Waals surface area (Å²) in [6.45, 7) is 3.63. The summed E-state index contributed by atoms with van der Waals surface area (Å²) in [6.07, 6.45) is -0.884. The van der Waals surface area contributed by atoms with Crippen LogP contribution in [0.4, 0.5) is 4.79 Å². The van der Waals surface area contributed by atoms with Gasteiger partial charge >= 0.3 is 6.16 Å². The Labute approximate surface area is 127 Å². The molecular weight excluding hydrogens is 299 g/mol. The zero-order valence-corrected chi connectivity index (χ0v) is 12.5. The first kappa shape index (κ1) is 14.7. The molecule has 3 nitrogen and oxygen atoms in total. The molecule has 0 atom stereocenters. The zero-order chi connectivity index (χ0) is 14.7. The van der Waals surface area contributed by atoms with Gasteiger partial charge in [0.05, 0.1) is 10.0 Å². The summed E-state index contributed by atoms with van der Waals surface area (Å²) in [5.41, 5.74) is 1.62. The summed E-state index contributed by atoms with van der Waals surface area (Å²) in [7, 11) is 0. The highest BCUT2D eigenvalue weighted by Gasteiger charge is 2.14. The van der Waals surface area contributed by atoms with Gasteiger partial charge < -0.3 is 9.47 Å². The first-order valence-electron chi connectivity index (χ1n) is 5.89. The van der Waals surface area contributed by atoms with Crippen LogP contribution in [0.3, 0.4) is 0 Å².